The van der Waals surface area contributed by atoms with Crippen LogP contribution in [-0.4, -0.2) is 29.9 Å². The van der Waals surface area contributed by atoms with Gasteiger partial charge in [-0.25, -0.2) is 0 Å². The first-order chi connectivity index (χ1) is 7.27. The molecule has 2 fully saturated rings. The maximum Gasteiger partial charge on any atom is 0.220 e. The fourth-order valence-electron chi connectivity index (χ4n) is 2.69. The largest absolute Gasteiger partial charge is 0.333 e. The van der Waals surface area contributed by atoms with Crippen molar-refractivity contribution in [2.24, 2.45) is 0 Å². The first kappa shape index (κ1) is 10.7. The van der Waals surface area contributed by atoms with Crippen molar-refractivity contribution < 1.29 is 4.79 Å². The summed E-state index contributed by atoms with van der Waals surface area (Å²) in [4.78, 5) is 13.4. The van der Waals surface area contributed by atoms with Gasteiger partial charge in [-0.2, -0.15) is 0 Å². The van der Waals surface area contributed by atoms with Crippen LogP contribution in [0.15, 0.2) is 11.8 Å². The van der Waals surface area contributed by atoms with E-state index in [0.29, 0.717) is 6.04 Å². The highest BCUT2D eigenvalue weighted by atomic mass is 16.1. The number of nitrogens with one attached hydrogen (secondary N) is 1. The molecule has 0 spiro atoms. The number of carbonyl (C=O) groups excluding carboxylic acids is 1. The molecular formula is C12H20N2O. The smallest absolute Gasteiger partial charge is 0.220 e. The number of hydrogen-bond acceptors (Lipinski definition) is 2. The van der Waals surface area contributed by atoms with Crippen molar-refractivity contribution in [2.75, 3.05) is 13.1 Å². The lowest BCUT2D eigenvalue weighted by molar-refractivity contribution is -0.118. The van der Waals surface area contributed by atoms with E-state index >= 15 is 0 Å². The summed E-state index contributed by atoms with van der Waals surface area (Å²) in [6.45, 7) is 4.04. The summed E-state index contributed by atoms with van der Waals surface area (Å²) in [7, 11) is 0. The van der Waals surface area contributed by atoms with Gasteiger partial charge in [0.2, 0.25) is 5.91 Å². The molecule has 1 atom stereocenters. The summed E-state index contributed by atoms with van der Waals surface area (Å²) in [6.07, 6.45) is 8.28. The molecule has 1 amide bonds. The molecule has 2 heterocycles. The highest BCUT2D eigenvalue weighted by molar-refractivity contribution is 5.74. The molecule has 3 nitrogen and oxygen atoms in total. The molecule has 2 aliphatic rings. The maximum atomic E-state index is 10.9. The Morgan fingerprint density at radius 1 is 1.40 bits per heavy atom. The Morgan fingerprint density at radius 2 is 2.20 bits per heavy atom. The van der Waals surface area contributed by atoms with Gasteiger partial charge < -0.3 is 5.32 Å². The number of hydrogen-bond donors (Lipinski definition) is 1. The van der Waals surface area contributed by atoms with Gasteiger partial charge in [-0.1, -0.05) is 6.42 Å². The van der Waals surface area contributed by atoms with Crippen LogP contribution in [-0.2, 0) is 4.79 Å². The third-order valence-electron chi connectivity index (χ3n) is 3.41. The Labute approximate surface area is 91.5 Å². The molecular weight excluding hydrogens is 188 g/mol. The van der Waals surface area contributed by atoms with Gasteiger partial charge in [0.05, 0.1) is 0 Å². The van der Waals surface area contributed by atoms with E-state index in [1.165, 1.54) is 44.3 Å². The zero-order valence-electron chi connectivity index (χ0n) is 9.46. The van der Waals surface area contributed by atoms with Gasteiger partial charge in [0.25, 0.3) is 0 Å². The van der Waals surface area contributed by atoms with Crippen LogP contribution in [0, 0.1) is 0 Å². The molecule has 2 aliphatic heterocycles. The van der Waals surface area contributed by atoms with E-state index in [-0.39, 0.29) is 5.91 Å². The Kier molecular flexibility index (Phi) is 3.41. The summed E-state index contributed by atoms with van der Waals surface area (Å²) >= 11 is 0. The second-order valence-corrected chi connectivity index (χ2v) is 4.57. The van der Waals surface area contributed by atoms with Crippen LogP contribution < -0.4 is 5.32 Å². The van der Waals surface area contributed by atoms with Crippen molar-refractivity contribution in [1.29, 1.82) is 0 Å². The van der Waals surface area contributed by atoms with Crippen LogP contribution >= 0.6 is 0 Å². The third-order valence-corrected chi connectivity index (χ3v) is 3.41. The minimum absolute atomic E-state index is 0.0374. The number of fused-ring (bicyclic) bond motifs is 1. The zero-order valence-corrected chi connectivity index (χ0v) is 9.46. The molecule has 2 saturated heterocycles. The minimum Gasteiger partial charge on any atom is -0.333 e. The van der Waals surface area contributed by atoms with Crippen molar-refractivity contribution in [2.45, 2.75) is 45.1 Å². The summed E-state index contributed by atoms with van der Waals surface area (Å²) in [5.74, 6) is 0.0374. The van der Waals surface area contributed by atoms with Crippen molar-refractivity contribution in [3.05, 3.63) is 11.8 Å². The van der Waals surface area contributed by atoms with Gasteiger partial charge in [0.1, 0.15) is 0 Å². The lowest BCUT2D eigenvalue weighted by Crippen LogP contribution is -2.44. The number of rotatable bonds is 1. The number of amides is 1. The van der Waals surface area contributed by atoms with Gasteiger partial charge in [-0.05, 0) is 44.3 Å². The average molecular weight is 208 g/mol. The fourth-order valence-corrected chi connectivity index (χ4v) is 2.69. The molecule has 0 aromatic carbocycles. The molecule has 0 radical (unpaired) electrons. The summed E-state index contributed by atoms with van der Waals surface area (Å²) in [5.41, 5.74) is 1.43. The predicted molar refractivity (Wildman–Crippen MR) is 60.3 cm³/mol. The summed E-state index contributed by atoms with van der Waals surface area (Å²) in [5, 5.41) is 2.82. The SMILES string of the molecule is CC(=O)N/C=C1\CCCN2CCCC[C@H]12. The molecule has 84 valence electrons. The lowest BCUT2D eigenvalue weighted by Gasteiger charge is -2.40. The molecule has 15 heavy (non-hydrogen) atoms. The van der Waals surface area contributed by atoms with Crippen molar-refractivity contribution in [3.63, 3.8) is 0 Å². The molecule has 2 rings (SSSR count). The van der Waals surface area contributed by atoms with Gasteiger partial charge in [-0.3, -0.25) is 9.69 Å². The first-order valence-corrected chi connectivity index (χ1v) is 5.97. The van der Waals surface area contributed by atoms with Crippen LogP contribution in [0.4, 0.5) is 0 Å². The van der Waals surface area contributed by atoms with Gasteiger partial charge in [0, 0.05) is 19.2 Å². The summed E-state index contributed by atoms with van der Waals surface area (Å²) in [6, 6.07) is 0.611. The van der Waals surface area contributed by atoms with Crippen molar-refractivity contribution >= 4 is 5.91 Å². The fraction of sp³-hybridized carbons (Fsp3) is 0.750. The van der Waals surface area contributed by atoms with E-state index in [0.717, 1.165) is 6.42 Å². The Balaban J connectivity index is 2.03. The van der Waals surface area contributed by atoms with Crippen LogP contribution in [0.3, 0.4) is 0 Å². The van der Waals surface area contributed by atoms with E-state index in [1.54, 1.807) is 6.92 Å². The highest BCUT2D eigenvalue weighted by Crippen LogP contribution is 2.29. The summed E-state index contributed by atoms with van der Waals surface area (Å²) < 4.78 is 0. The first-order valence-electron chi connectivity index (χ1n) is 5.97. The Morgan fingerprint density at radius 3 is 3.00 bits per heavy atom. The highest BCUT2D eigenvalue weighted by Gasteiger charge is 2.28. The molecule has 0 bridgehead atoms. The van der Waals surface area contributed by atoms with E-state index in [2.05, 4.69) is 10.2 Å². The number of piperidine rings is 2. The van der Waals surface area contributed by atoms with E-state index in [9.17, 15) is 4.79 Å². The van der Waals surface area contributed by atoms with Crippen LogP contribution in [0.2, 0.25) is 0 Å². The normalized spacial score (nSPS) is 29.9. The molecule has 0 aromatic heterocycles. The van der Waals surface area contributed by atoms with Crippen LogP contribution in [0.5, 0.6) is 0 Å². The van der Waals surface area contributed by atoms with Crippen LogP contribution in [0.1, 0.15) is 39.0 Å². The molecule has 0 unspecified atom stereocenters. The van der Waals surface area contributed by atoms with Crippen molar-refractivity contribution in [3.8, 4) is 0 Å². The Bertz CT molecular complexity index is 271. The zero-order chi connectivity index (χ0) is 10.7. The average Bonchev–Trinajstić information content (AvgIpc) is 2.26. The van der Waals surface area contributed by atoms with Gasteiger partial charge in [-0.15, -0.1) is 0 Å². The van der Waals surface area contributed by atoms with E-state index in [4.69, 9.17) is 0 Å². The standard InChI is InChI=1S/C12H20N2O/c1-10(15)13-9-11-5-4-8-14-7-3-2-6-12(11)14/h9,12H,2-8H2,1H3,(H,13,15)/b11-9+/t12-/m1/s1. The second kappa shape index (κ2) is 4.79. The van der Waals surface area contributed by atoms with Gasteiger partial charge in [0.15, 0.2) is 0 Å². The van der Waals surface area contributed by atoms with Crippen LogP contribution in [0.25, 0.3) is 0 Å². The molecule has 0 aromatic rings. The van der Waals surface area contributed by atoms with Gasteiger partial charge >= 0.3 is 0 Å². The maximum absolute atomic E-state index is 10.9. The lowest BCUT2D eigenvalue weighted by atomic mass is 9.89. The quantitative estimate of drug-likeness (QED) is 0.710. The monoisotopic (exact) mass is 208 g/mol. The molecule has 1 N–H and O–H groups in total. The van der Waals surface area contributed by atoms with Crippen molar-refractivity contribution in [1.82, 2.24) is 10.2 Å². The van der Waals surface area contributed by atoms with E-state index < -0.39 is 0 Å². The number of carbonyl (C=O) groups is 1. The second-order valence-electron chi connectivity index (χ2n) is 4.57. The predicted octanol–water partition coefficient (Wildman–Crippen LogP) is 1.65. The molecule has 0 aliphatic carbocycles. The molecule has 0 saturated carbocycles. The third kappa shape index (κ3) is 2.59. The number of nitrogens with zero attached hydrogens (tertiary/aromatic N) is 1. The van der Waals surface area contributed by atoms with E-state index in [1.807, 2.05) is 6.20 Å². The molecule has 3 heteroatoms. The topological polar surface area (TPSA) is 32.3 Å². The Hall–Kier alpha value is -0.830. The minimum atomic E-state index is 0.0374.